The Morgan fingerprint density at radius 3 is 2.28 bits per heavy atom. The molecule has 1 amide bonds. The summed E-state index contributed by atoms with van der Waals surface area (Å²) in [5, 5.41) is 2.64. The van der Waals surface area contributed by atoms with E-state index in [4.69, 9.17) is 9.47 Å². The van der Waals surface area contributed by atoms with E-state index in [9.17, 15) is 13.2 Å². The first-order valence-corrected chi connectivity index (χ1v) is 12.4. The number of carbonyl (C=O) groups is 1. The van der Waals surface area contributed by atoms with Gasteiger partial charge in [-0.25, -0.2) is 8.42 Å². The average Bonchev–Trinajstić information content (AvgIpc) is 2.74. The largest absolute Gasteiger partial charge is 0.491 e. The molecule has 0 bridgehead atoms. The maximum absolute atomic E-state index is 12.3. The van der Waals surface area contributed by atoms with Gasteiger partial charge in [-0.1, -0.05) is 12.1 Å². The van der Waals surface area contributed by atoms with E-state index in [1.807, 2.05) is 26.0 Å². The number of benzene rings is 2. The van der Waals surface area contributed by atoms with Crippen LogP contribution in [0, 0.1) is 0 Å². The van der Waals surface area contributed by atoms with Crippen LogP contribution in [-0.2, 0) is 26.0 Å². The molecule has 0 aromatic heterocycles. The monoisotopic (exact) mass is 461 g/mol. The average molecular weight is 462 g/mol. The van der Waals surface area contributed by atoms with E-state index in [0.29, 0.717) is 17.1 Å². The number of hydrogen-bond acceptors (Lipinski definition) is 6. The zero-order chi connectivity index (χ0) is 23.0. The fraction of sp³-hybridized carbons (Fsp3) is 0.435. The zero-order valence-corrected chi connectivity index (χ0v) is 19.4. The van der Waals surface area contributed by atoms with Gasteiger partial charge < -0.3 is 14.8 Å². The highest BCUT2D eigenvalue weighted by molar-refractivity contribution is 7.93. The number of rotatable bonds is 10. The minimum absolute atomic E-state index is 0.0278. The standard InChI is InChI=1S/C23H31N3O5S/c1-18(2)31-22-9-7-21(8-10-22)25-32(28,29)17-23(27)24-20-5-3-19(4-6-20)11-12-26-13-15-30-16-14-26/h3-10,18,25H,11-17H2,1-2H3,(H,24,27). The predicted molar refractivity (Wildman–Crippen MR) is 126 cm³/mol. The van der Waals surface area contributed by atoms with Gasteiger partial charge in [0.25, 0.3) is 0 Å². The number of hydrogen-bond donors (Lipinski definition) is 2. The van der Waals surface area contributed by atoms with E-state index in [1.54, 1.807) is 36.4 Å². The molecule has 1 heterocycles. The molecule has 0 unspecified atom stereocenters. The maximum Gasteiger partial charge on any atom is 0.241 e. The van der Waals surface area contributed by atoms with Crippen LogP contribution in [0.2, 0.25) is 0 Å². The molecule has 1 aliphatic rings. The second-order valence-electron chi connectivity index (χ2n) is 8.00. The van der Waals surface area contributed by atoms with Gasteiger partial charge in [-0.05, 0) is 62.2 Å². The number of nitrogens with zero attached hydrogens (tertiary/aromatic N) is 1. The molecule has 0 radical (unpaired) electrons. The van der Waals surface area contributed by atoms with E-state index in [-0.39, 0.29) is 6.10 Å². The Bertz CT molecular complexity index is 970. The number of morpholine rings is 1. The van der Waals surface area contributed by atoms with Crippen LogP contribution in [0.5, 0.6) is 5.75 Å². The number of ether oxygens (including phenoxy) is 2. The first-order valence-electron chi connectivity index (χ1n) is 10.8. The van der Waals surface area contributed by atoms with Crippen molar-refractivity contribution in [1.82, 2.24) is 4.90 Å². The maximum atomic E-state index is 12.3. The highest BCUT2D eigenvalue weighted by Crippen LogP contribution is 2.18. The molecule has 1 saturated heterocycles. The Morgan fingerprint density at radius 2 is 1.66 bits per heavy atom. The van der Waals surface area contributed by atoms with Crippen molar-refractivity contribution in [3.63, 3.8) is 0 Å². The number of anilines is 2. The molecule has 9 heteroatoms. The van der Waals surface area contributed by atoms with Crippen molar-refractivity contribution in [1.29, 1.82) is 0 Å². The van der Waals surface area contributed by atoms with E-state index >= 15 is 0 Å². The molecule has 8 nitrogen and oxygen atoms in total. The molecule has 0 saturated carbocycles. The van der Waals surface area contributed by atoms with Crippen LogP contribution in [-0.4, -0.2) is 63.9 Å². The van der Waals surface area contributed by atoms with Crippen LogP contribution in [0.25, 0.3) is 0 Å². The summed E-state index contributed by atoms with van der Waals surface area (Å²) in [5.74, 6) is -0.622. The van der Waals surface area contributed by atoms with Crippen LogP contribution in [0.3, 0.4) is 0 Å². The Balaban J connectivity index is 1.46. The highest BCUT2D eigenvalue weighted by atomic mass is 32.2. The molecular weight excluding hydrogens is 430 g/mol. The topological polar surface area (TPSA) is 97.0 Å². The van der Waals surface area contributed by atoms with Crippen molar-refractivity contribution in [2.24, 2.45) is 0 Å². The summed E-state index contributed by atoms with van der Waals surface area (Å²) >= 11 is 0. The fourth-order valence-electron chi connectivity index (χ4n) is 3.33. The fourth-order valence-corrected chi connectivity index (χ4v) is 4.31. The molecule has 1 aliphatic heterocycles. The third kappa shape index (κ3) is 8.14. The van der Waals surface area contributed by atoms with Gasteiger partial charge in [0.1, 0.15) is 11.5 Å². The van der Waals surface area contributed by atoms with Crippen LogP contribution in [0.1, 0.15) is 19.4 Å². The normalized spacial score (nSPS) is 14.8. The lowest BCUT2D eigenvalue weighted by Gasteiger charge is -2.26. The Labute approximate surface area is 190 Å². The van der Waals surface area contributed by atoms with Crippen molar-refractivity contribution in [2.75, 3.05) is 48.6 Å². The molecule has 0 spiro atoms. The number of sulfonamides is 1. The lowest BCUT2D eigenvalue weighted by Crippen LogP contribution is -2.37. The summed E-state index contributed by atoms with van der Waals surface area (Å²) in [4.78, 5) is 14.6. The molecule has 0 aliphatic carbocycles. The first-order chi connectivity index (χ1) is 15.3. The van der Waals surface area contributed by atoms with Gasteiger partial charge >= 0.3 is 0 Å². The molecule has 2 aromatic rings. The van der Waals surface area contributed by atoms with Gasteiger partial charge in [-0.15, -0.1) is 0 Å². The Kier molecular flexibility index (Phi) is 8.49. The van der Waals surface area contributed by atoms with Gasteiger partial charge in [-0.3, -0.25) is 14.4 Å². The van der Waals surface area contributed by atoms with Crippen LogP contribution in [0.15, 0.2) is 48.5 Å². The van der Waals surface area contributed by atoms with Crippen molar-refractivity contribution >= 4 is 27.3 Å². The minimum Gasteiger partial charge on any atom is -0.491 e. The lowest BCUT2D eigenvalue weighted by molar-refractivity contribution is -0.113. The molecule has 2 aromatic carbocycles. The first kappa shape index (κ1) is 24.0. The molecule has 32 heavy (non-hydrogen) atoms. The Hall–Kier alpha value is -2.62. The van der Waals surface area contributed by atoms with Crippen LogP contribution in [0.4, 0.5) is 11.4 Å². The van der Waals surface area contributed by atoms with Crippen molar-refractivity contribution < 1.29 is 22.7 Å². The molecule has 174 valence electrons. The second kappa shape index (κ2) is 11.3. The lowest BCUT2D eigenvalue weighted by atomic mass is 10.1. The van der Waals surface area contributed by atoms with Gasteiger partial charge in [0.05, 0.1) is 19.3 Å². The molecule has 2 N–H and O–H groups in total. The van der Waals surface area contributed by atoms with E-state index in [2.05, 4.69) is 14.9 Å². The zero-order valence-electron chi connectivity index (χ0n) is 18.5. The number of carbonyl (C=O) groups excluding carboxylic acids is 1. The van der Waals surface area contributed by atoms with Gasteiger partial charge in [0.15, 0.2) is 0 Å². The predicted octanol–water partition coefficient (Wildman–Crippen LogP) is 2.73. The smallest absolute Gasteiger partial charge is 0.241 e. The molecule has 1 fully saturated rings. The van der Waals surface area contributed by atoms with Gasteiger partial charge in [0.2, 0.25) is 15.9 Å². The van der Waals surface area contributed by atoms with Crippen molar-refractivity contribution in [3.05, 3.63) is 54.1 Å². The number of nitrogens with one attached hydrogen (secondary N) is 2. The summed E-state index contributed by atoms with van der Waals surface area (Å²) in [6.45, 7) is 8.24. The highest BCUT2D eigenvalue weighted by Gasteiger charge is 2.17. The van der Waals surface area contributed by atoms with Crippen LogP contribution < -0.4 is 14.8 Å². The van der Waals surface area contributed by atoms with E-state index < -0.39 is 21.7 Å². The SMILES string of the molecule is CC(C)Oc1ccc(NS(=O)(=O)CC(=O)Nc2ccc(CCN3CCOCC3)cc2)cc1. The Morgan fingerprint density at radius 1 is 1.03 bits per heavy atom. The third-order valence-electron chi connectivity index (χ3n) is 4.88. The summed E-state index contributed by atoms with van der Waals surface area (Å²) in [7, 11) is -3.84. The molecule has 0 atom stereocenters. The van der Waals surface area contributed by atoms with Crippen molar-refractivity contribution in [2.45, 2.75) is 26.4 Å². The van der Waals surface area contributed by atoms with Crippen LogP contribution >= 0.6 is 0 Å². The minimum atomic E-state index is -3.84. The third-order valence-corrected chi connectivity index (χ3v) is 6.07. The summed E-state index contributed by atoms with van der Waals surface area (Å²) in [5.41, 5.74) is 2.10. The summed E-state index contributed by atoms with van der Waals surface area (Å²) in [6, 6.07) is 14.0. The van der Waals surface area contributed by atoms with E-state index in [1.165, 1.54) is 0 Å². The molecule has 3 rings (SSSR count). The summed E-state index contributed by atoms with van der Waals surface area (Å²) < 4.78 is 38.0. The molecular formula is C23H31N3O5S. The summed E-state index contributed by atoms with van der Waals surface area (Å²) in [6.07, 6.45) is 0.938. The second-order valence-corrected chi connectivity index (χ2v) is 9.72. The van der Waals surface area contributed by atoms with Gasteiger partial charge in [-0.2, -0.15) is 0 Å². The van der Waals surface area contributed by atoms with Gasteiger partial charge in [0, 0.05) is 31.0 Å². The quantitative estimate of drug-likeness (QED) is 0.565. The number of amides is 1. The van der Waals surface area contributed by atoms with Crippen molar-refractivity contribution in [3.8, 4) is 5.75 Å². The van der Waals surface area contributed by atoms with E-state index in [0.717, 1.165) is 44.8 Å².